The molecule has 0 saturated heterocycles. The molecular formula is C21H20N4. The zero-order chi connectivity index (χ0) is 16.8. The second-order valence-corrected chi connectivity index (χ2v) is 6.64. The van der Waals surface area contributed by atoms with Crippen LogP contribution in [0.2, 0.25) is 0 Å². The van der Waals surface area contributed by atoms with Gasteiger partial charge in [-0.05, 0) is 23.8 Å². The highest BCUT2D eigenvalue weighted by Gasteiger charge is 2.39. The van der Waals surface area contributed by atoms with Crippen LogP contribution in [-0.4, -0.2) is 4.90 Å². The number of fused-ring (bicyclic) bond motifs is 6. The third-order valence-electron chi connectivity index (χ3n) is 5.17. The number of nitrogens with one attached hydrogen (secondary N) is 2. The second kappa shape index (κ2) is 5.53. The molecule has 3 aromatic rings. The number of anilines is 3. The van der Waals surface area contributed by atoms with E-state index in [1.54, 1.807) is 0 Å². The molecule has 2 aliphatic rings. The van der Waals surface area contributed by atoms with E-state index in [4.69, 9.17) is 5.73 Å². The van der Waals surface area contributed by atoms with Crippen molar-refractivity contribution in [1.29, 1.82) is 0 Å². The SMILES string of the molecule is Nc1ccccc1CN1C2Nc3ccccc3C1Nc1ccccc12. The molecule has 0 radical (unpaired) electrons. The van der Waals surface area contributed by atoms with Gasteiger partial charge in [0.1, 0.15) is 12.3 Å². The molecule has 0 amide bonds. The highest BCUT2D eigenvalue weighted by molar-refractivity contribution is 5.66. The molecule has 0 aliphatic carbocycles. The summed E-state index contributed by atoms with van der Waals surface area (Å²) in [5.41, 5.74) is 13.1. The van der Waals surface area contributed by atoms with Crippen LogP contribution >= 0.6 is 0 Å². The van der Waals surface area contributed by atoms with Crippen LogP contribution in [0.3, 0.4) is 0 Å². The topological polar surface area (TPSA) is 53.3 Å². The van der Waals surface area contributed by atoms with Crippen molar-refractivity contribution in [2.45, 2.75) is 18.9 Å². The minimum atomic E-state index is 0.122. The molecule has 25 heavy (non-hydrogen) atoms. The maximum absolute atomic E-state index is 6.21. The number of nitrogen functional groups attached to an aromatic ring is 1. The monoisotopic (exact) mass is 328 g/mol. The van der Waals surface area contributed by atoms with E-state index in [-0.39, 0.29) is 12.3 Å². The fraction of sp³-hybridized carbons (Fsp3) is 0.143. The van der Waals surface area contributed by atoms with Crippen molar-refractivity contribution in [3.63, 3.8) is 0 Å². The van der Waals surface area contributed by atoms with Crippen LogP contribution in [0.25, 0.3) is 0 Å². The summed E-state index contributed by atoms with van der Waals surface area (Å²) in [6.07, 6.45) is 0.244. The molecule has 4 heteroatoms. The number of para-hydroxylation sites is 3. The summed E-state index contributed by atoms with van der Waals surface area (Å²) in [5.74, 6) is 0. The van der Waals surface area contributed by atoms with Crippen LogP contribution in [0.1, 0.15) is 29.0 Å². The maximum Gasteiger partial charge on any atom is 0.110 e. The average Bonchev–Trinajstić information content (AvgIpc) is 2.64. The van der Waals surface area contributed by atoms with Gasteiger partial charge in [-0.3, -0.25) is 4.90 Å². The summed E-state index contributed by atoms with van der Waals surface area (Å²) < 4.78 is 0. The van der Waals surface area contributed by atoms with Crippen LogP contribution in [-0.2, 0) is 6.54 Å². The molecule has 5 rings (SSSR count). The largest absolute Gasteiger partial charge is 0.398 e. The van der Waals surface area contributed by atoms with Crippen LogP contribution < -0.4 is 16.4 Å². The molecule has 4 N–H and O–H groups in total. The number of nitrogens with zero attached hydrogens (tertiary/aromatic N) is 1. The van der Waals surface area contributed by atoms with Crippen molar-refractivity contribution >= 4 is 17.1 Å². The molecule has 2 atom stereocenters. The van der Waals surface area contributed by atoms with Gasteiger partial charge in [0.05, 0.1) is 0 Å². The lowest BCUT2D eigenvalue weighted by atomic mass is 9.95. The van der Waals surface area contributed by atoms with Crippen LogP contribution in [0.15, 0.2) is 72.8 Å². The van der Waals surface area contributed by atoms with E-state index in [1.165, 1.54) is 22.5 Å². The Morgan fingerprint density at radius 2 is 1.24 bits per heavy atom. The number of hydrogen-bond acceptors (Lipinski definition) is 4. The Hall–Kier alpha value is -2.98. The second-order valence-electron chi connectivity index (χ2n) is 6.64. The lowest BCUT2D eigenvalue weighted by Crippen LogP contribution is -2.47. The van der Waals surface area contributed by atoms with Gasteiger partial charge in [0.25, 0.3) is 0 Å². The Labute approximate surface area is 147 Å². The van der Waals surface area contributed by atoms with Gasteiger partial charge in [0.2, 0.25) is 0 Å². The van der Waals surface area contributed by atoms with Crippen molar-refractivity contribution in [2.75, 3.05) is 16.4 Å². The summed E-state index contributed by atoms with van der Waals surface area (Å²) in [4.78, 5) is 2.44. The fourth-order valence-electron chi connectivity index (χ4n) is 3.91. The van der Waals surface area contributed by atoms with E-state index in [9.17, 15) is 0 Å². The Morgan fingerprint density at radius 3 is 1.84 bits per heavy atom. The van der Waals surface area contributed by atoms with Gasteiger partial charge in [-0.25, -0.2) is 0 Å². The molecular weight excluding hydrogens is 308 g/mol. The summed E-state index contributed by atoms with van der Waals surface area (Å²) in [5, 5.41) is 7.44. The predicted molar refractivity (Wildman–Crippen MR) is 102 cm³/mol. The summed E-state index contributed by atoms with van der Waals surface area (Å²) in [7, 11) is 0. The Kier molecular flexibility index (Phi) is 3.18. The third kappa shape index (κ3) is 2.26. The van der Waals surface area contributed by atoms with Crippen molar-refractivity contribution < 1.29 is 0 Å². The molecule has 4 nitrogen and oxygen atoms in total. The normalized spacial score (nSPS) is 20.8. The quantitative estimate of drug-likeness (QED) is 0.613. The van der Waals surface area contributed by atoms with E-state index in [1.807, 2.05) is 18.2 Å². The molecule has 2 bridgehead atoms. The average molecular weight is 328 g/mol. The van der Waals surface area contributed by atoms with Crippen molar-refractivity contribution in [2.24, 2.45) is 0 Å². The van der Waals surface area contributed by atoms with Gasteiger partial charge in [0.15, 0.2) is 0 Å². The fourth-order valence-corrected chi connectivity index (χ4v) is 3.91. The Morgan fingerprint density at radius 1 is 0.720 bits per heavy atom. The molecule has 2 unspecified atom stereocenters. The molecule has 3 aromatic carbocycles. The third-order valence-corrected chi connectivity index (χ3v) is 5.17. The van der Waals surface area contributed by atoms with Crippen LogP contribution in [0.4, 0.5) is 17.1 Å². The van der Waals surface area contributed by atoms with E-state index in [2.05, 4.69) is 70.1 Å². The summed E-state index contributed by atoms with van der Waals surface area (Å²) in [6, 6.07) is 25.1. The van der Waals surface area contributed by atoms with Crippen molar-refractivity contribution in [3.8, 4) is 0 Å². The molecule has 0 fully saturated rings. The van der Waals surface area contributed by atoms with E-state index < -0.39 is 0 Å². The first-order valence-electron chi connectivity index (χ1n) is 8.61. The van der Waals surface area contributed by atoms with E-state index in [0.717, 1.165) is 17.8 Å². The first kappa shape index (κ1) is 14.4. The maximum atomic E-state index is 6.21. The zero-order valence-electron chi connectivity index (χ0n) is 13.8. The first-order chi connectivity index (χ1) is 12.3. The minimum absolute atomic E-state index is 0.122. The number of hydrogen-bond donors (Lipinski definition) is 3. The van der Waals surface area contributed by atoms with Crippen LogP contribution in [0, 0.1) is 0 Å². The van der Waals surface area contributed by atoms with Crippen molar-refractivity contribution in [1.82, 2.24) is 4.90 Å². The zero-order valence-corrected chi connectivity index (χ0v) is 13.8. The number of rotatable bonds is 2. The Bertz CT molecular complexity index is 883. The molecule has 2 heterocycles. The summed E-state index contributed by atoms with van der Waals surface area (Å²) in [6.45, 7) is 0.782. The molecule has 0 spiro atoms. The van der Waals surface area contributed by atoms with Gasteiger partial charge in [-0.1, -0.05) is 54.6 Å². The van der Waals surface area contributed by atoms with Gasteiger partial charge >= 0.3 is 0 Å². The first-order valence-corrected chi connectivity index (χ1v) is 8.61. The number of nitrogens with two attached hydrogens (primary N) is 1. The molecule has 0 aromatic heterocycles. The Balaban J connectivity index is 1.62. The van der Waals surface area contributed by atoms with Crippen molar-refractivity contribution in [3.05, 3.63) is 89.5 Å². The smallest absolute Gasteiger partial charge is 0.110 e. The lowest BCUT2D eigenvalue weighted by molar-refractivity contribution is 0.138. The van der Waals surface area contributed by atoms with E-state index in [0.29, 0.717) is 0 Å². The molecule has 124 valence electrons. The van der Waals surface area contributed by atoms with E-state index >= 15 is 0 Å². The summed E-state index contributed by atoms with van der Waals surface area (Å²) >= 11 is 0. The molecule has 2 aliphatic heterocycles. The predicted octanol–water partition coefficient (Wildman–Crippen LogP) is 4.32. The van der Waals surface area contributed by atoms with Gasteiger partial charge in [-0.2, -0.15) is 0 Å². The number of benzene rings is 3. The van der Waals surface area contributed by atoms with Gasteiger partial charge < -0.3 is 16.4 Å². The highest BCUT2D eigenvalue weighted by atomic mass is 15.4. The molecule has 0 saturated carbocycles. The standard InChI is InChI=1S/C21H20N4/c22-17-10-4-1-7-14(17)13-25-20-15-8-2-5-11-18(15)23-21(25)16-9-3-6-12-19(16)24-20/h1-12,20-21,23-24H,13,22H2. The highest BCUT2D eigenvalue weighted by Crippen LogP contribution is 2.47. The minimum Gasteiger partial charge on any atom is -0.398 e. The van der Waals surface area contributed by atoms with Gasteiger partial charge in [0, 0.05) is 34.7 Å². The van der Waals surface area contributed by atoms with Crippen LogP contribution in [0.5, 0.6) is 0 Å². The lowest BCUT2D eigenvalue weighted by Gasteiger charge is -2.49. The van der Waals surface area contributed by atoms with Gasteiger partial charge in [-0.15, -0.1) is 0 Å².